The van der Waals surface area contributed by atoms with E-state index in [1.807, 2.05) is 0 Å². The number of carbonyl (C=O) groups is 1. The van der Waals surface area contributed by atoms with Crippen LogP contribution in [0.1, 0.15) is 90.5 Å². The molecule has 0 aliphatic heterocycles. The number of benzene rings is 2. The van der Waals surface area contributed by atoms with Gasteiger partial charge in [-0.3, -0.25) is 9.69 Å². The van der Waals surface area contributed by atoms with Crippen LogP contribution in [0.2, 0.25) is 0 Å². The van der Waals surface area contributed by atoms with Crippen molar-refractivity contribution in [3.63, 3.8) is 0 Å². The van der Waals surface area contributed by atoms with Gasteiger partial charge in [-0.1, -0.05) is 39.0 Å². The van der Waals surface area contributed by atoms with Crippen LogP contribution in [0.4, 0.5) is 0 Å². The minimum Gasteiger partial charge on any atom is -0.490 e. The zero-order valence-corrected chi connectivity index (χ0v) is 22.1. The standard InChI is InChI=1S/C31H43NO3/c1-29(2,3)25-8-11-26(12-9-25)35-27-10-7-23-19-22(5-6-24(23)20-27)21-32(4)31-16-13-30(14-17-31,15-18-31)28(33)34/h5-7,10,19-20,25-26H,8-9,11-18,21H2,1-4H3,(H,33,34)/t25-,26-,30?,31?. The van der Waals surface area contributed by atoms with Gasteiger partial charge in [0.25, 0.3) is 0 Å². The van der Waals surface area contributed by atoms with Gasteiger partial charge in [-0.2, -0.15) is 0 Å². The van der Waals surface area contributed by atoms with Crippen LogP contribution in [0.5, 0.6) is 5.75 Å². The van der Waals surface area contributed by atoms with E-state index in [1.165, 1.54) is 29.2 Å². The smallest absolute Gasteiger partial charge is 0.309 e. The molecule has 0 amide bonds. The first-order valence-corrected chi connectivity index (χ1v) is 13.7. The number of carboxylic acids is 1. The quantitative estimate of drug-likeness (QED) is 0.470. The van der Waals surface area contributed by atoms with E-state index in [9.17, 15) is 9.90 Å². The molecule has 0 atom stereocenters. The van der Waals surface area contributed by atoms with Crippen LogP contribution in [0.15, 0.2) is 36.4 Å². The molecule has 4 nitrogen and oxygen atoms in total. The fraction of sp³-hybridized carbons (Fsp3) is 0.645. The second-order valence-corrected chi connectivity index (χ2v) is 13.0. The molecule has 0 aromatic heterocycles. The molecular formula is C31H43NO3. The molecule has 0 heterocycles. The Morgan fingerprint density at radius 3 is 2.14 bits per heavy atom. The molecule has 190 valence electrons. The van der Waals surface area contributed by atoms with Gasteiger partial charge in [0.05, 0.1) is 11.5 Å². The van der Waals surface area contributed by atoms with Gasteiger partial charge in [-0.05, 0) is 117 Å². The van der Waals surface area contributed by atoms with Gasteiger partial charge in [-0.25, -0.2) is 0 Å². The van der Waals surface area contributed by atoms with Gasteiger partial charge in [0.1, 0.15) is 5.75 Å². The number of hydrogen-bond acceptors (Lipinski definition) is 3. The molecule has 1 N–H and O–H groups in total. The van der Waals surface area contributed by atoms with Gasteiger partial charge in [0, 0.05) is 12.1 Å². The number of rotatable bonds is 6. The Hall–Kier alpha value is -2.07. The highest BCUT2D eigenvalue weighted by atomic mass is 16.5. The first-order valence-electron chi connectivity index (χ1n) is 13.7. The molecule has 0 spiro atoms. The topological polar surface area (TPSA) is 49.8 Å². The third-order valence-corrected chi connectivity index (χ3v) is 9.97. The van der Waals surface area contributed by atoms with Crippen molar-refractivity contribution in [3.05, 3.63) is 42.0 Å². The second kappa shape index (κ2) is 9.10. The Morgan fingerprint density at radius 1 is 0.943 bits per heavy atom. The predicted molar refractivity (Wildman–Crippen MR) is 142 cm³/mol. The van der Waals surface area contributed by atoms with Crippen LogP contribution in [0, 0.1) is 16.7 Å². The van der Waals surface area contributed by atoms with Crippen LogP contribution >= 0.6 is 0 Å². The van der Waals surface area contributed by atoms with Gasteiger partial charge < -0.3 is 9.84 Å². The van der Waals surface area contributed by atoms with Gasteiger partial charge in [0.2, 0.25) is 0 Å². The van der Waals surface area contributed by atoms with E-state index in [1.54, 1.807) is 0 Å². The van der Waals surface area contributed by atoms with Crippen LogP contribution in [-0.2, 0) is 11.3 Å². The Kier molecular flexibility index (Phi) is 6.40. The molecule has 4 saturated carbocycles. The first-order chi connectivity index (χ1) is 16.6. The average Bonchev–Trinajstić information content (AvgIpc) is 2.85. The molecule has 4 aliphatic carbocycles. The lowest BCUT2D eigenvalue weighted by Crippen LogP contribution is -2.56. The summed E-state index contributed by atoms with van der Waals surface area (Å²) in [7, 11) is 2.23. The summed E-state index contributed by atoms with van der Waals surface area (Å²) >= 11 is 0. The minimum absolute atomic E-state index is 0.163. The van der Waals surface area contributed by atoms with Crippen LogP contribution < -0.4 is 4.74 Å². The van der Waals surface area contributed by atoms with Crippen molar-refractivity contribution in [2.24, 2.45) is 16.7 Å². The largest absolute Gasteiger partial charge is 0.490 e. The van der Waals surface area contributed by atoms with E-state index in [4.69, 9.17) is 4.74 Å². The van der Waals surface area contributed by atoms with Crippen LogP contribution in [0.25, 0.3) is 10.8 Å². The minimum atomic E-state index is -0.580. The Balaban J connectivity index is 1.21. The van der Waals surface area contributed by atoms with E-state index >= 15 is 0 Å². The molecule has 4 aliphatic rings. The lowest BCUT2D eigenvalue weighted by Gasteiger charge is -2.55. The second-order valence-electron chi connectivity index (χ2n) is 13.0. The fourth-order valence-corrected chi connectivity index (χ4v) is 7.18. The highest BCUT2D eigenvalue weighted by molar-refractivity contribution is 5.84. The van der Waals surface area contributed by atoms with E-state index in [0.29, 0.717) is 11.5 Å². The molecule has 35 heavy (non-hydrogen) atoms. The maximum atomic E-state index is 11.8. The highest BCUT2D eigenvalue weighted by Crippen LogP contribution is 2.54. The molecule has 2 bridgehead atoms. The molecular weight excluding hydrogens is 434 g/mol. The van der Waals surface area contributed by atoms with Crippen molar-refractivity contribution in [2.45, 2.75) is 103 Å². The summed E-state index contributed by atoms with van der Waals surface area (Å²) in [6.45, 7) is 8.00. The zero-order chi connectivity index (χ0) is 24.8. The average molecular weight is 478 g/mol. The van der Waals surface area contributed by atoms with Crippen molar-refractivity contribution in [1.82, 2.24) is 4.90 Å². The lowest BCUT2D eigenvalue weighted by molar-refractivity contribution is -0.160. The van der Waals surface area contributed by atoms with Gasteiger partial charge >= 0.3 is 5.97 Å². The molecule has 4 fully saturated rings. The number of nitrogens with zero attached hydrogens (tertiary/aromatic N) is 1. The fourth-order valence-electron chi connectivity index (χ4n) is 7.18. The van der Waals surface area contributed by atoms with Gasteiger partial charge in [0.15, 0.2) is 0 Å². The molecule has 6 rings (SSSR count). The molecule has 4 heteroatoms. The van der Waals surface area contributed by atoms with Crippen LogP contribution in [-0.4, -0.2) is 34.7 Å². The normalized spacial score (nSPS) is 31.1. The number of carboxylic acid groups (broad SMARTS) is 1. The molecule has 0 saturated heterocycles. The number of aliphatic carboxylic acids is 1. The van der Waals surface area contributed by atoms with E-state index in [2.05, 4.69) is 69.1 Å². The molecule has 2 aromatic rings. The van der Waals surface area contributed by atoms with E-state index < -0.39 is 11.4 Å². The van der Waals surface area contributed by atoms with Crippen molar-refractivity contribution < 1.29 is 14.6 Å². The highest BCUT2D eigenvalue weighted by Gasteiger charge is 2.53. The Morgan fingerprint density at radius 2 is 1.54 bits per heavy atom. The monoisotopic (exact) mass is 477 g/mol. The Bertz CT molecular complexity index is 1050. The molecule has 0 unspecified atom stereocenters. The predicted octanol–water partition coefficient (Wildman–Crippen LogP) is 7.43. The van der Waals surface area contributed by atoms with E-state index in [-0.39, 0.29) is 5.54 Å². The maximum Gasteiger partial charge on any atom is 0.309 e. The summed E-state index contributed by atoms with van der Waals surface area (Å²) < 4.78 is 6.41. The summed E-state index contributed by atoms with van der Waals surface area (Å²) in [6, 6.07) is 13.3. The first kappa shape index (κ1) is 24.6. The number of fused-ring (bicyclic) bond motifs is 4. The zero-order valence-electron chi connectivity index (χ0n) is 22.1. The summed E-state index contributed by atoms with van der Waals surface area (Å²) in [4.78, 5) is 14.3. The number of ether oxygens (including phenoxy) is 1. The maximum absolute atomic E-state index is 11.8. The van der Waals surface area contributed by atoms with Crippen molar-refractivity contribution in [1.29, 1.82) is 0 Å². The summed E-state index contributed by atoms with van der Waals surface area (Å²) in [5, 5.41) is 12.2. The van der Waals surface area contributed by atoms with Crippen molar-refractivity contribution in [2.75, 3.05) is 7.05 Å². The SMILES string of the molecule is CN(Cc1ccc2cc(O[C@H]3CC[C@H](C(C)(C)C)CC3)ccc2c1)C12CCC(C(=O)O)(CC1)CC2. The van der Waals surface area contributed by atoms with Crippen molar-refractivity contribution in [3.8, 4) is 5.75 Å². The summed E-state index contributed by atoms with van der Waals surface area (Å²) in [6.07, 6.45) is 10.6. The third-order valence-electron chi connectivity index (χ3n) is 9.97. The summed E-state index contributed by atoms with van der Waals surface area (Å²) in [5.41, 5.74) is 1.44. The van der Waals surface area contributed by atoms with Crippen LogP contribution in [0.3, 0.4) is 0 Å². The molecule has 0 radical (unpaired) electrons. The van der Waals surface area contributed by atoms with Gasteiger partial charge in [-0.15, -0.1) is 0 Å². The Labute approximate surface area is 211 Å². The lowest BCUT2D eigenvalue weighted by atomic mass is 9.57. The molecule has 2 aromatic carbocycles. The van der Waals surface area contributed by atoms with Crippen molar-refractivity contribution >= 4 is 16.7 Å². The number of hydrogen-bond donors (Lipinski definition) is 1. The summed E-state index contributed by atoms with van der Waals surface area (Å²) in [5.74, 6) is 1.22. The third kappa shape index (κ3) is 4.83. The van der Waals surface area contributed by atoms with E-state index in [0.717, 1.165) is 69.6 Å².